The lowest BCUT2D eigenvalue weighted by Gasteiger charge is -2.14. The Morgan fingerprint density at radius 2 is 1.72 bits per heavy atom. The molecule has 1 N–H and O–H groups in total. The third-order valence-corrected chi connectivity index (χ3v) is 2.22. The van der Waals surface area contributed by atoms with E-state index in [-0.39, 0.29) is 13.2 Å². The highest BCUT2D eigenvalue weighted by Gasteiger charge is 2.17. The van der Waals surface area contributed by atoms with Crippen molar-refractivity contribution in [1.29, 1.82) is 0 Å². The Bertz CT molecular complexity index is 390. The molecule has 0 amide bonds. The van der Waals surface area contributed by atoms with E-state index in [4.69, 9.17) is 19.3 Å². The molecule has 1 aromatic carbocycles. The van der Waals surface area contributed by atoms with Crippen LogP contribution in [0.4, 0.5) is 0 Å². The van der Waals surface area contributed by atoms with Crippen LogP contribution in [0.2, 0.25) is 0 Å². The summed E-state index contributed by atoms with van der Waals surface area (Å²) in [5.74, 6) is 0.508. The lowest BCUT2D eigenvalue weighted by atomic mass is 10.2. The Hall–Kier alpha value is -1.95. The molecule has 0 aromatic heterocycles. The van der Waals surface area contributed by atoms with Gasteiger partial charge in [0.2, 0.25) is 5.75 Å². The average molecular weight is 256 g/mol. The number of carbonyl (C=O) groups excluding carboxylic acids is 1. The van der Waals surface area contributed by atoms with Crippen LogP contribution < -0.4 is 14.2 Å². The van der Waals surface area contributed by atoms with E-state index in [1.54, 1.807) is 0 Å². The molecule has 0 unspecified atom stereocenters. The Labute approximate surface area is 105 Å². The Morgan fingerprint density at radius 1 is 1.17 bits per heavy atom. The molecule has 0 heterocycles. The monoisotopic (exact) mass is 256 g/mol. The van der Waals surface area contributed by atoms with Gasteiger partial charge in [0.25, 0.3) is 0 Å². The van der Waals surface area contributed by atoms with Gasteiger partial charge in [-0.25, -0.2) is 4.79 Å². The first-order valence-electron chi connectivity index (χ1n) is 5.25. The molecule has 0 bridgehead atoms. The highest BCUT2D eigenvalue weighted by Crippen LogP contribution is 2.38. The van der Waals surface area contributed by atoms with Gasteiger partial charge in [-0.3, -0.25) is 0 Å². The van der Waals surface area contributed by atoms with Gasteiger partial charge in [-0.1, -0.05) is 0 Å². The SMILES string of the molecule is COC(=O)c1cc(OC)c(OCCO)c(OC)c1. The van der Waals surface area contributed by atoms with Crippen LogP contribution >= 0.6 is 0 Å². The minimum Gasteiger partial charge on any atom is -0.493 e. The van der Waals surface area contributed by atoms with Crippen molar-refractivity contribution in [3.05, 3.63) is 17.7 Å². The molecule has 6 nitrogen and oxygen atoms in total. The van der Waals surface area contributed by atoms with Gasteiger partial charge >= 0.3 is 5.97 Å². The molecule has 0 saturated carbocycles. The highest BCUT2D eigenvalue weighted by atomic mass is 16.5. The molecule has 18 heavy (non-hydrogen) atoms. The number of rotatable bonds is 6. The number of aliphatic hydroxyl groups excluding tert-OH is 1. The molecule has 6 heteroatoms. The second-order valence-corrected chi connectivity index (χ2v) is 3.27. The van der Waals surface area contributed by atoms with Crippen molar-refractivity contribution in [2.45, 2.75) is 0 Å². The van der Waals surface area contributed by atoms with Crippen LogP contribution in [0, 0.1) is 0 Å². The fraction of sp³-hybridized carbons (Fsp3) is 0.417. The van der Waals surface area contributed by atoms with Crippen LogP contribution in [-0.2, 0) is 4.74 Å². The molecule has 1 aromatic rings. The molecule has 0 aliphatic rings. The smallest absolute Gasteiger partial charge is 0.338 e. The second kappa shape index (κ2) is 6.70. The summed E-state index contributed by atoms with van der Waals surface area (Å²) in [5.41, 5.74) is 0.294. The largest absolute Gasteiger partial charge is 0.493 e. The number of methoxy groups -OCH3 is 3. The van der Waals surface area contributed by atoms with E-state index in [0.717, 1.165) is 0 Å². The first-order valence-corrected chi connectivity index (χ1v) is 5.25. The van der Waals surface area contributed by atoms with Crippen molar-refractivity contribution in [2.24, 2.45) is 0 Å². The molecule has 0 aliphatic heterocycles. The lowest BCUT2D eigenvalue weighted by Crippen LogP contribution is -2.07. The molecular weight excluding hydrogens is 240 g/mol. The molecule has 0 saturated heterocycles. The topological polar surface area (TPSA) is 74.2 Å². The van der Waals surface area contributed by atoms with Crippen molar-refractivity contribution < 1.29 is 28.8 Å². The van der Waals surface area contributed by atoms with Gasteiger partial charge < -0.3 is 24.1 Å². The third kappa shape index (κ3) is 3.04. The molecule has 1 rings (SSSR count). The van der Waals surface area contributed by atoms with Crippen molar-refractivity contribution in [1.82, 2.24) is 0 Å². The zero-order valence-corrected chi connectivity index (χ0v) is 10.6. The maximum absolute atomic E-state index is 11.5. The predicted octanol–water partition coefficient (Wildman–Crippen LogP) is 0.861. The molecule has 0 aliphatic carbocycles. The maximum Gasteiger partial charge on any atom is 0.338 e. The van der Waals surface area contributed by atoms with Gasteiger partial charge in [0, 0.05) is 0 Å². The van der Waals surface area contributed by atoms with E-state index >= 15 is 0 Å². The molecular formula is C12H16O6. The van der Waals surface area contributed by atoms with Crippen LogP contribution in [0.15, 0.2) is 12.1 Å². The fourth-order valence-corrected chi connectivity index (χ4v) is 1.41. The number of benzene rings is 1. The number of carbonyl (C=O) groups is 1. The van der Waals surface area contributed by atoms with Gasteiger partial charge in [0.05, 0.1) is 33.5 Å². The summed E-state index contributed by atoms with van der Waals surface area (Å²) in [6.07, 6.45) is 0. The fourth-order valence-electron chi connectivity index (χ4n) is 1.41. The molecule has 0 radical (unpaired) electrons. The van der Waals surface area contributed by atoms with Crippen LogP contribution in [-0.4, -0.2) is 45.6 Å². The second-order valence-electron chi connectivity index (χ2n) is 3.27. The summed E-state index contributed by atoms with van der Waals surface area (Å²) in [6.45, 7) is -0.0324. The maximum atomic E-state index is 11.5. The number of aliphatic hydroxyl groups is 1. The van der Waals surface area contributed by atoms with Gasteiger partial charge in [-0.05, 0) is 12.1 Å². The third-order valence-electron chi connectivity index (χ3n) is 2.22. The van der Waals surface area contributed by atoms with Crippen LogP contribution in [0.25, 0.3) is 0 Å². The summed E-state index contributed by atoms with van der Waals surface area (Å²) in [4.78, 5) is 11.5. The van der Waals surface area contributed by atoms with Crippen molar-refractivity contribution in [2.75, 3.05) is 34.5 Å². The Balaban J connectivity index is 3.20. The van der Waals surface area contributed by atoms with Crippen molar-refractivity contribution in [3.63, 3.8) is 0 Å². The van der Waals surface area contributed by atoms with E-state index < -0.39 is 5.97 Å². The molecule has 100 valence electrons. The zero-order chi connectivity index (χ0) is 13.5. The Morgan fingerprint density at radius 3 is 2.11 bits per heavy atom. The molecule has 0 atom stereocenters. The van der Waals surface area contributed by atoms with Crippen LogP contribution in [0.3, 0.4) is 0 Å². The minimum absolute atomic E-state index is 0.101. The zero-order valence-electron chi connectivity index (χ0n) is 10.6. The van der Waals surface area contributed by atoms with Gasteiger partial charge in [0.1, 0.15) is 6.61 Å². The lowest BCUT2D eigenvalue weighted by molar-refractivity contribution is 0.0599. The highest BCUT2D eigenvalue weighted by molar-refractivity contribution is 5.91. The van der Waals surface area contributed by atoms with E-state index in [1.165, 1.54) is 33.5 Å². The number of hydrogen-bond donors (Lipinski definition) is 1. The normalized spacial score (nSPS) is 9.78. The first-order chi connectivity index (χ1) is 8.67. The number of esters is 1. The van der Waals surface area contributed by atoms with Crippen LogP contribution in [0.5, 0.6) is 17.2 Å². The average Bonchev–Trinajstić information content (AvgIpc) is 2.43. The Kier molecular flexibility index (Phi) is 5.26. The number of hydrogen-bond acceptors (Lipinski definition) is 6. The van der Waals surface area contributed by atoms with Gasteiger partial charge in [-0.15, -0.1) is 0 Å². The van der Waals surface area contributed by atoms with Gasteiger partial charge in [-0.2, -0.15) is 0 Å². The van der Waals surface area contributed by atoms with Crippen molar-refractivity contribution >= 4 is 5.97 Å². The summed E-state index contributed by atoms with van der Waals surface area (Å²) >= 11 is 0. The first kappa shape index (κ1) is 14.1. The summed E-state index contributed by atoms with van der Waals surface area (Å²) < 4.78 is 20.2. The number of ether oxygens (including phenoxy) is 4. The summed E-state index contributed by atoms with van der Waals surface area (Å²) in [5, 5.41) is 8.75. The quantitative estimate of drug-likeness (QED) is 0.761. The summed E-state index contributed by atoms with van der Waals surface area (Å²) in [6, 6.07) is 2.97. The minimum atomic E-state index is -0.500. The van der Waals surface area contributed by atoms with E-state index in [1.807, 2.05) is 0 Å². The van der Waals surface area contributed by atoms with E-state index in [9.17, 15) is 4.79 Å². The van der Waals surface area contributed by atoms with Crippen molar-refractivity contribution in [3.8, 4) is 17.2 Å². The molecule has 0 fully saturated rings. The molecule has 0 spiro atoms. The van der Waals surface area contributed by atoms with Gasteiger partial charge in [0.15, 0.2) is 11.5 Å². The standard InChI is InChI=1S/C12H16O6/c1-15-9-6-8(12(14)17-3)7-10(16-2)11(9)18-5-4-13/h6-7,13H,4-5H2,1-3H3. The van der Waals surface area contributed by atoms with Crippen LogP contribution in [0.1, 0.15) is 10.4 Å². The van der Waals surface area contributed by atoms with E-state index in [2.05, 4.69) is 4.74 Å². The van der Waals surface area contributed by atoms with E-state index in [0.29, 0.717) is 22.8 Å². The summed E-state index contributed by atoms with van der Waals surface area (Å²) in [7, 11) is 4.18. The predicted molar refractivity (Wildman–Crippen MR) is 63.5 cm³/mol.